The predicted molar refractivity (Wildman–Crippen MR) is 55.8 cm³/mol. The molecule has 0 aliphatic heterocycles. The molecule has 1 aromatic heterocycles. The molecule has 0 atom stereocenters. The van der Waals surface area contributed by atoms with Crippen LogP contribution in [0.1, 0.15) is 18.3 Å². The van der Waals surface area contributed by atoms with Gasteiger partial charge in [0.2, 0.25) is 0 Å². The van der Waals surface area contributed by atoms with Crippen LogP contribution in [0.4, 0.5) is 8.78 Å². The van der Waals surface area contributed by atoms with E-state index in [0.717, 1.165) is 6.07 Å². The number of benzene rings is 1. The second-order valence-electron chi connectivity index (χ2n) is 3.54. The van der Waals surface area contributed by atoms with E-state index in [2.05, 4.69) is 15.2 Å². The van der Waals surface area contributed by atoms with Crippen molar-refractivity contribution in [2.24, 2.45) is 0 Å². The van der Waals surface area contributed by atoms with E-state index < -0.39 is 11.6 Å². The lowest BCUT2D eigenvalue weighted by atomic mass is 10.1. The van der Waals surface area contributed by atoms with E-state index in [1.54, 1.807) is 6.92 Å². The van der Waals surface area contributed by atoms with Crippen LogP contribution >= 0.6 is 0 Å². The summed E-state index contributed by atoms with van der Waals surface area (Å²) in [5.41, 5.74) is 0.592. The van der Waals surface area contributed by atoms with Crippen LogP contribution in [-0.4, -0.2) is 15.2 Å². The summed E-state index contributed by atoms with van der Waals surface area (Å²) in [5.74, 6) is -0.272. The summed E-state index contributed by atoms with van der Waals surface area (Å²) in [6, 6.07) is 2.26. The third kappa shape index (κ3) is 1.80. The van der Waals surface area contributed by atoms with Gasteiger partial charge in [0.25, 0.3) is 0 Å². The zero-order chi connectivity index (χ0) is 11.7. The zero-order valence-corrected chi connectivity index (χ0v) is 9.01. The third-order valence-corrected chi connectivity index (χ3v) is 2.36. The van der Waals surface area contributed by atoms with Crippen LogP contribution in [0.5, 0.6) is 0 Å². The predicted octanol–water partition coefficient (Wildman–Crippen LogP) is 2.62. The Bertz CT molecular complexity index is 520. The molecular formula is C11H11F2N3. The largest absolute Gasteiger partial charge is 0.263 e. The lowest BCUT2D eigenvalue weighted by Crippen LogP contribution is -1.92. The van der Waals surface area contributed by atoms with Crippen LogP contribution in [0.3, 0.4) is 0 Å². The number of aromatic amines is 1. The van der Waals surface area contributed by atoms with E-state index in [0.29, 0.717) is 17.8 Å². The summed E-state index contributed by atoms with van der Waals surface area (Å²) in [6.45, 7) is 3.49. The topological polar surface area (TPSA) is 41.6 Å². The fourth-order valence-electron chi connectivity index (χ4n) is 1.40. The van der Waals surface area contributed by atoms with Crippen LogP contribution < -0.4 is 0 Å². The Kier molecular flexibility index (Phi) is 2.68. The van der Waals surface area contributed by atoms with Gasteiger partial charge in [-0.2, -0.15) is 5.10 Å². The van der Waals surface area contributed by atoms with Crippen LogP contribution in [0, 0.1) is 18.6 Å². The molecule has 0 saturated carbocycles. The maximum atomic E-state index is 13.5. The van der Waals surface area contributed by atoms with E-state index in [-0.39, 0.29) is 11.4 Å². The van der Waals surface area contributed by atoms with Gasteiger partial charge in [-0.05, 0) is 18.6 Å². The van der Waals surface area contributed by atoms with Crippen molar-refractivity contribution < 1.29 is 8.78 Å². The number of rotatable bonds is 2. The van der Waals surface area contributed by atoms with Gasteiger partial charge >= 0.3 is 0 Å². The molecule has 0 spiro atoms. The van der Waals surface area contributed by atoms with Gasteiger partial charge in [0.1, 0.15) is 17.5 Å². The smallest absolute Gasteiger partial charge is 0.184 e. The fraction of sp³-hybridized carbons (Fsp3) is 0.273. The molecule has 0 unspecified atom stereocenters. The summed E-state index contributed by atoms with van der Waals surface area (Å²) < 4.78 is 26.6. The Morgan fingerprint density at radius 3 is 2.62 bits per heavy atom. The van der Waals surface area contributed by atoms with Crippen molar-refractivity contribution in [1.29, 1.82) is 0 Å². The van der Waals surface area contributed by atoms with Gasteiger partial charge in [-0.15, -0.1) is 0 Å². The summed E-state index contributed by atoms with van der Waals surface area (Å²) in [6.07, 6.45) is 0.689. The standard InChI is InChI=1S/C11H11F2N3/c1-3-10-14-11(16-15-10)7-4-6(2)8(12)5-9(7)13/h4-5H,3H2,1-2H3,(H,14,15,16). The van der Waals surface area contributed by atoms with Gasteiger partial charge < -0.3 is 0 Å². The zero-order valence-electron chi connectivity index (χ0n) is 9.01. The summed E-state index contributed by atoms with van der Waals surface area (Å²) in [4.78, 5) is 4.10. The highest BCUT2D eigenvalue weighted by Crippen LogP contribution is 2.22. The van der Waals surface area contributed by atoms with Gasteiger partial charge in [0.15, 0.2) is 5.82 Å². The molecule has 0 amide bonds. The van der Waals surface area contributed by atoms with E-state index >= 15 is 0 Å². The average Bonchev–Trinajstić information content (AvgIpc) is 2.71. The Morgan fingerprint density at radius 2 is 2.00 bits per heavy atom. The minimum Gasteiger partial charge on any atom is -0.263 e. The highest BCUT2D eigenvalue weighted by atomic mass is 19.1. The Morgan fingerprint density at radius 1 is 1.25 bits per heavy atom. The lowest BCUT2D eigenvalue weighted by molar-refractivity contribution is 0.579. The normalized spacial score (nSPS) is 10.8. The molecular weight excluding hydrogens is 212 g/mol. The molecule has 1 N–H and O–H groups in total. The van der Waals surface area contributed by atoms with Crippen molar-refractivity contribution in [3.8, 4) is 11.4 Å². The summed E-state index contributed by atoms with van der Waals surface area (Å²) in [5, 5.41) is 6.58. The van der Waals surface area contributed by atoms with Crippen LogP contribution in [0.15, 0.2) is 12.1 Å². The highest BCUT2D eigenvalue weighted by molar-refractivity contribution is 5.56. The molecule has 0 aliphatic carbocycles. The Balaban J connectivity index is 2.51. The molecule has 2 aromatic rings. The first-order valence-corrected chi connectivity index (χ1v) is 4.99. The summed E-state index contributed by atoms with van der Waals surface area (Å²) in [7, 11) is 0. The Hall–Kier alpha value is -1.78. The quantitative estimate of drug-likeness (QED) is 0.850. The minimum absolute atomic E-state index is 0.217. The molecule has 0 saturated heterocycles. The molecule has 0 bridgehead atoms. The number of H-pyrrole nitrogens is 1. The average molecular weight is 223 g/mol. The van der Waals surface area contributed by atoms with Crippen molar-refractivity contribution >= 4 is 0 Å². The first kappa shape index (κ1) is 10.7. The molecule has 0 aliphatic rings. The lowest BCUT2D eigenvalue weighted by Gasteiger charge is -2.01. The minimum atomic E-state index is -0.648. The van der Waals surface area contributed by atoms with E-state index in [1.807, 2.05) is 6.92 Å². The highest BCUT2D eigenvalue weighted by Gasteiger charge is 2.13. The molecule has 1 heterocycles. The number of halogens is 2. The molecule has 0 fully saturated rings. The molecule has 2 rings (SSSR count). The van der Waals surface area contributed by atoms with Gasteiger partial charge in [0.05, 0.1) is 5.56 Å². The van der Waals surface area contributed by atoms with Crippen molar-refractivity contribution in [3.05, 3.63) is 35.2 Å². The van der Waals surface area contributed by atoms with Crippen molar-refractivity contribution in [1.82, 2.24) is 15.2 Å². The molecule has 0 radical (unpaired) electrons. The number of nitrogens with one attached hydrogen (secondary N) is 1. The maximum Gasteiger partial charge on any atom is 0.184 e. The van der Waals surface area contributed by atoms with Crippen molar-refractivity contribution in [2.75, 3.05) is 0 Å². The second-order valence-corrected chi connectivity index (χ2v) is 3.54. The second kappa shape index (κ2) is 4.00. The number of hydrogen-bond donors (Lipinski definition) is 1. The van der Waals surface area contributed by atoms with Gasteiger partial charge in [-0.1, -0.05) is 6.92 Å². The molecule has 3 nitrogen and oxygen atoms in total. The first-order valence-electron chi connectivity index (χ1n) is 4.99. The van der Waals surface area contributed by atoms with E-state index in [1.165, 1.54) is 6.07 Å². The SMILES string of the molecule is CCc1nc(-c2cc(C)c(F)cc2F)n[nH]1. The monoisotopic (exact) mass is 223 g/mol. The van der Waals surface area contributed by atoms with Gasteiger partial charge in [-0.3, -0.25) is 5.10 Å². The number of nitrogens with zero attached hydrogens (tertiary/aromatic N) is 2. The molecule has 16 heavy (non-hydrogen) atoms. The van der Waals surface area contributed by atoms with E-state index in [4.69, 9.17) is 0 Å². The van der Waals surface area contributed by atoms with E-state index in [9.17, 15) is 8.78 Å². The maximum absolute atomic E-state index is 13.5. The fourth-order valence-corrected chi connectivity index (χ4v) is 1.40. The van der Waals surface area contributed by atoms with Crippen LogP contribution in [0.25, 0.3) is 11.4 Å². The number of aryl methyl sites for hydroxylation is 2. The molecule has 5 heteroatoms. The molecule has 84 valence electrons. The van der Waals surface area contributed by atoms with Crippen molar-refractivity contribution in [2.45, 2.75) is 20.3 Å². The molecule has 1 aromatic carbocycles. The van der Waals surface area contributed by atoms with Crippen LogP contribution in [0.2, 0.25) is 0 Å². The number of aromatic nitrogens is 3. The third-order valence-electron chi connectivity index (χ3n) is 2.36. The van der Waals surface area contributed by atoms with Crippen molar-refractivity contribution in [3.63, 3.8) is 0 Å². The van der Waals surface area contributed by atoms with Gasteiger partial charge in [-0.25, -0.2) is 13.8 Å². The Labute approximate surface area is 91.5 Å². The summed E-state index contributed by atoms with van der Waals surface area (Å²) >= 11 is 0. The first-order chi connectivity index (χ1) is 7.61. The van der Waals surface area contributed by atoms with Crippen LogP contribution in [-0.2, 0) is 6.42 Å². The number of hydrogen-bond acceptors (Lipinski definition) is 2. The van der Waals surface area contributed by atoms with Gasteiger partial charge in [0, 0.05) is 12.5 Å².